The fourth-order valence-corrected chi connectivity index (χ4v) is 6.21. The van der Waals surface area contributed by atoms with E-state index in [-0.39, 0.29) is 48.1 Å². The lowest BCUT2D eigenvalue weighted by molar-refractivity contribution is -0.145. The Morgan fingerprint density at radius 1 is 1.10 bits per heavy atom. The normalized spacial score (nSPS) is 18.2. The number of amides is 2. The van der Waals surface area contributed by atoms with Gasteiger partial charge in [0.05, 0.1) is 6.61 Å². The van der Waals surface area contributed by atoms with Crippen molar-refractivity contribution < 1.29 is 28.6 Å². The van der Waals surface area contributed by atoms with Gasteiger partial charge in [-0.25, -0.2) is 9.78 Å². The SMILES string of the molecule is CCCCCCN(C(=O)[C@@H](NC(=O)C1CCCCO1)[C@@H](C)CC)[C@H](C[C@@H](OCC)c1nc(C(=O)OCC)cs1)C(C)C. The highest BCUT2D eigenvalue weighted by molar-refractivity contribution is 7.09. The number of thiazole rings is 1. The first-order valence-electron chi connectivity index (χ1n) is 16.1. The molecule has 10 heteroatoms. The van der Waals surface area contributed by atoms with Gasteiger partial charge in [-0.3, -0.25) is 9.59 Å². The molecule has 2 rings (SSSR count). The summed E-state index contributed by atoms with van der Waals surface area (Å²) in [4.78, 5) is 46.6. The molecule has 1 unspecified atom stereocenters. The molecule has 1 aromatic heterocycles. The number of nitrogens with one attached hydrogen (secondary N) is 1. The quantitative estimate of drug-likeness (QED) is 0.144. The molecule has 240 valence electrons. The Labute approximate surface area is 257 Å². The van der Waals surface area contributed by atoms with Gasteiger partial charge in [0.2, 0.25) is 11.8 Å². The van der Waals surface area contributed by atoms with Gasteiger partial charge < -0.3 is 24.4 Å². The summed E-state index contributed by atoms with van der Waals surface area (Å²) in [5.41, 5.74) is 0.277. The molecule has 1 N–H and O–H groups in total. The molecular formula is C32H55N3O6S. The fourth-order valence-electron chi connectivity index (χ4n) is 5.36. The number of carbonyl (C=O) groups is 3. The van der Waals surface area contributed by atoms with Gasteiger partial charge >= 0.3 is 5.97 Å². The molecule has 1 aromatic rings. The van der Waals surface area contributed by atoms with Gasteiger partial charge in [-0.2, -0.15) is 0 Å². The largest absolute Gasteiger partial charge is 0.461 e. The van der Waals surface area contributed by atoms with Crippen molar-refractivity contribution in [2.45, 2.75) is 131 Å². The summed E-state index contributed by atoms with van der Waals surface area (Å²) in [6.45, 7) is 16.1. The number of unbranched alkanes of at least 4 members (excludes halogenated alkanes) is 3. The van der Waals surface area contributed by atoms with Gasteiger partial charge in [-0.05, 0) is 51.4 Å². The topological polar surface area (TPSA) is 107 Å². The minimum atomic E-state index is -0.638. The fraction of sp³-hybridized carbons (Fsp3) is 0.812. The maximum absolute atomic E-state index is 14.5. The summed E-state index contributed by atoms with van der Waals surface area (Å²) >= 11 is 1.38. The Morgan fingerprint density at radius 3 is 2.45 bits per heavy atom. The molecular weight excluding hydrogens is 554 g/mol. The summed E-state index contributed by atoms with van der Waals surface area (Å²) in [6.07, 6.45) is 7.14. The van der Waals surface area contributed by atoms with E-state index in [2.05, 4.69) is 38.0 Å². The van der Waals surface area contributed by atoms with Crippen LogP contribution in [-0.2, 0) is 23.8 Å². The van der Waals surface area contributed by atoms with E-state index in [1.807, 2.05) is 18.7 Å². The van der Waals surface area contributed by atoms with Crippen LogP contribution < -0.4 is 5.32 Å². The van der Waals surface area contributed by atoms with Crippen LogP contribution in [-0.4, -0.2) is 72.2 Å². The lowest BCUT2D eigenvalue weighted by Gasteiger charge is -2.40. The van der Waals surface area contributed by atoms with Gasteiger partial charge in [0.25, 0.3) is 0 Å². The monoisotopic (exact) mass is 609 g/mol. The lowest BCUT2D eigenvalue weighted by Crippen LogP contribution is -2.57. The lowest BCUT2D eigenvalue weighted by atomic mass is 9.92. The van der Waals surface area contributed by atoms with Gasteiger partial charge in [0.1, 0.15) is 23.3 Å². The number of carbonyl (C=O) groups excluding carboxylic acids is 3. The van der Waals surface area contributed by atoms with Crippen molar-refractivity contribution in [2.24, 2.45) is 11.8 Å². The number of aromatic nitrogens is 1. The standard InChI is InChI=1S/C32H55N3O6S/c1-8-12-13-15-18-35(31(37)28(23(7)9-2)34-29(36)26-17-14-16-19-41-26)25(22(5)6)20-27(39-10-3)30-33-24(21-42-30)32(38)40-11-4/h21-23,25-28H,8-20H2,1-7H3,(H,34,36)/t23-,25+,26?,27+,28-/m0/s1. The van der Waals surface area contributed by atoms with E-state index in [0.29, 0.717) is 37.6 Å². The zero-order valence-electron chi connectivity index (χ0n) is 27.0. The van der Waals surface area contributed by atoms with E-state index in [9.17, 15) is 14.4 Å². The maximum Gasteiger partial charge on any atom is 0.357 e. The van der Waals surface area contributed by atoms with Gasteiger partial charge in [0, 0.05) is 37.6 Å². The van der Waals surface area contributed by atoms with Crippen molar-refractivity contribution in [3.63, 3.8) is 0 Å². The van der Waals surface area contributed by atoms with Crippen LogP contribution in [0.25, 0.3) is 0 Å². The summed E-state index contributed by atoms with van der Waals surface area (Å²) in [6, 6.07) is -0.790. The van der Waals surface area contributed by atoms with Crippen molar-refractivity contribution in [2.75, 3.05) is 26.4 Å². The molecule has 0 spiro atoms. The smallest absolute Gasteiger partial charge is 0.357 e. The highest BCUT2D eigenvalue weighted by atomic mass is 32.1. The average Bonchev–Trinajstić information content (AvgIpc) is 3.49. The number of rotatable bonds is 19. The zero-order chi connectivity index (χ0) is 31.1. The van der Waals surface area contributed by atoms with E-state index in [1.165, 1.54) is 11.3 Å². The number of hydrogen-bond donors (Lipinski definition) is 1. The van der Waals surface area contributed by atoms with Crippen molar-refractivity contribution >= 4 is 29.1 Å². The molecule has 0 aromatic carbocycles. The predicted molar refractivity (Wildman–Crippen MR) is 167 cm³/mol. The van der Waals surface area contributed by atoms with E-state index in [1.54, 1.807) is 12.3 Å². The molecule has 2 heterocycles. The Morgan fingerprint density at radius 2 is 1.86 bits per heavy atom. The first-order chi connectivity index (χ1) is 20.2. The van der Waals surface area contributed by atoms with E-state index < -0.39 is 18.1 Å². The van der Waals surface area contributed by atoms with Gasteiger partial charge in [-0.15, -0.1) is 11.3 Å². The zero-order valence-corrected chi connectivity index (χ0v) is 27.8. The van der Waals surface area contributed by atoms with Crippen LogP contribution in [0.5, 0.6) is 0 Å². The molecule has 1 aliphatic heterocycles. The minimum absolute atomic E-state index is 0.0372. The van der Waals surface area contributed by atoms with Crippen LogP contribution in [0.4, 0.5) is 0 Å². The van der Waals surface area contributed by atoms with Crippen LogP contribution in [0, 0.1) is 11.8 Å². The molecule has 0 radical (unpaired) electrons. The Kier molecular flexibility index (Phi) is 16.6. The summed E-state index contributed by atoms with van der Waals surface area (Å²) in [7, 11) is 0. The van der Waals surface area contributed by atoms with Crippen molar-refractivity contribution in [3.05, 3.63) is 16.1 Å². The molecule has 0 saturated carbocycles. The molecule has 0 bridgehead atoms. The van der Waals surface area contributed by atoms with Crippen molar-refractivity contribution in [1.29, 1.82) is 0 Å². The van der Waals surface area contributed by atoms with Crippen LogP contribution in [0.2, 0.25) is 0 Å². The summed E-state index contributed by atoms with van der Waals surface area (Å²) in [5, 5.41) is 5.51. The average molecular weight is 610 g/mol. The third-order valence-electron chi connectivity index (χ3n) is 8.06. The molecule has 1 aliphatic rings. The highest BCUT2D eigenvalue weighted by Crippen LogP contribution is 2.32. The van der Waals surface area contributed by atoms with Crippen molar-refractivity contribution in [3.8, 4) is 0 Å². The predicted octanol–water partition coefficient (Wildman–Crippen LogP) is 6.32. The van der Waals surface area contributed by atoms with Crippen LogP contribution in [0.15, 0.2) is 5.38 Å². The van der Waals surface area contributed by atoms with Crippen LogP contribution in [0.1, 0.15) is 128 Å². The third kappa shape index (κ3) is 10.9. The molecule has 1 fully saturated rings. The first kappa shape index (κ1) is 36.2. The number of hydrogen-bond acceptors (Lipinski definition) is 8. The molecule has 9 nitrogen and oxygen atoms in total. The molecule has 0 aliphatic carbocycles. The van der Waals surface area contributed by atoms with Crippen LogP contribution in [0.3, 0.4) is 0 Å². The number of ether oxygens (including phenoxy) is 3. The van der Waals surface area contributed by atoms with E-state index in [0.717, 1.165) is 44.9 Å². The van der Waals surface area contributed by atoms with Gasteiger partial charge in [-0.1, -0.05) is 60.3 Å². The molecule has 2 amide bonds. The maximum atomic E-state index is 14.5. The second-order valence-electron chi connectivity index (χ2n) is 11.6. The molecule has 1 saturated heterocycles. The van der Waals surface area contributed by atoms with Gasteiger partial charge in [0.15, 0.2) is 5.69 Å². The molecule has 42 heavy (non-hydrogen) atoms. The highest BCUT2D eigenvalue weighted by Gasteiger charge is 2.37. The summed E-state index contributed by atoms with van der Waals surface area (Å²) in [5.74, 6) is -0.600. The number of nitrogens with zero attached hydrogens (tertiary/aromatic N) is 2. The minimum Gasteiger partial charge on any atom is -0.461 e. The Bertz CT molecular complexity index is 948. The first-order valence-corrected chi connectivity index (χ1v) is 17.0. The third-order valence-corrected chi connectivity index (χ3v) is 9.00. The van der Waals surface area contributed by atoms with Crippen molar-refractivity contribution in [1.82, 2.24) is 15.2 Å². The van der Waals surface area contributed by atoms with Crippen LogP contribution >= 0.6 is 11.3 Å². The number of esters is 1. The Hall–Kier alpha value is -2.04. The Balaban J connectivity index is 2.38. The second kappa shape index (κ2) is 19.3. The van der Waals surface area contributed by atoms with E-state index >= 15 is 0 Å². The summed E-state index contributed by atoms with van der Waals surface area (Å²) < 4.78 is 17.1. The van der Waals surface area contributed by atoms with E-state index in [4.69, 9.17) is 14.2 Å². The second-order valence-corrected chi connectivity index (χ2v) is 12.5. The molecule has 5 atom stereocenters.